The fourth-order valence-corrected chi connectivity index (χ4v) is 5.67. The third-order valence-corrected chi connectivity index (χ3v) is 7.58. The van der Waals surface area contributed by atoms with Crippen molar-refractivity contribution in [2.24, 2.45) is 0 Å². The van der Waals surface area contributed by atoms with Crippen molar-refractivity contribution in [3.8, 4) is 0 Å². The Kier molecular flexibility index (Phi) is 5.95. The van der Waals surface area contributed by atoms with Gasteiger partial charge in [-0.25, -0.2) is 0 Å². The molecule has 0 aliphatic heterocycles. The van der Waals surface area contributed by atoms with Gasteiger partial charge in [-0.3, -0.25) is 4.79 Å². The van der Waals surface area contributed by atoms with Crippen LogP contribution >= 0.6 is 18.7 Å². The summed E-state index contributed by atoms with van der Waals surface area (Å²) in [5, 5.41) is 3.98. The second kappa shape index (κ2) is 8.39. The Balaban J connectivity index is 2.04. The van der Waals surface area contributed by atoms with E-state index in [-0.39, 0.29) is 11.3 Å². The van der Waals surface area contributed by atoms with Crippen LogP contribution in [0.1, 0.15) is 15.9 Å². The van der Waals surface area contributed by atoms with E-state index in [9.17, 15) is 9.36 Å². The van der Waals surface area contributed by atoms with Crippen molar-refractivity contribution in [3.63, 3.8) is 0 Å². The van der Waals surface area contributed by atoms with Gasteiger partial charge >= 0.3 is 0 Å². The molecule has 136 valence electrons. The third kappa shape index (κ3) is 4.05. The standard InChI is InChI=1S/C22H19ClNO2P/c1-17-12-14-18(15-13-17)22(25)24-21(16-23)27(26,19-8-4-2-5-9-19)20-10-6-3-7-11-20/h2-16H,1H3,(H,24,25)/b21-16-. The van der Waals surface area contributed by atoms with Crippen LogP contribution in [0.4, 0.5) is 0 Å². The first-order chi connectivity index (χ1) is 13.1. The number of halogens is 1. The zero-order valence-electron chi connectivity index (χ0n) is 14.8. The number of carbonyl (C=O) groups is 1. The first-order valence-electron chi connectivity index (χ1n) is 8.46. The highest BCUT2D eigenvalue weighted by Crippen LogP contribution is 2.50. The van der Waals surface area contributed by atoms with Crippen LogP contribution in [-0.2, 0) is 4.57 Å². The summed E-state index contributed by atoms with van der Waals surface area (Å²) >= 11 is 6.06. The molecule has 0 fully saturated rings. The van der Waals surface area contributed by atoms with E-state index in [0.717, 1.165) is 5.56 Å². The predicted octanol–water partition coefficient (Wildman–Crippen LogP) is 4.78. The Bertz CT molecular complexity index is 956. The average molecular weight is 396 g/mol. The molecule has 0 radical (unpaired) electrons. The van der Waals surface area contributed by atoms with Crippen molar-refractivity contribution < 1.29 is 9.36 Å². The molecule has 0 saturated carbocycles. The molecule has 1 N–H and O–H groups in total. The van der Waals surface area contributed by atoms with Crippen LogP contribution in [0.3, 0.4) is 0 Å². The first kappa shape index (κ1) is 19.2. The van der Waals surface area contributed by atoms with Crippen LogP contribution in [0.15, 0.2) is 95.9 Å². The monoisotopic (exact) mass is 395 g/mol. The number of carbonyl (C=O) groups excluding carboxylic acids is 1. The molecule has 0 aliphatic carbocycles. The van der Waals surface area contributed by atoms with Crippen LogP contribution in [0.5, 0.6) is 0 Å². The number of hydrogen-bond donors (Lipinski definition) is 1. The molecule has 0 unspecified atom stereocenters. The van der Waals surface area contributed by atoms with Crippen molar-refractivity contribution in [1.29, 1.82) is 0 Å². The molecule has 0 aliphatic rings. The summed E-state index contributed by atoms with van der Waals surface area (Å²) in [6, 6.07) is 25.3. The summed E-state index contributed by atoms with van der Waals surface area (Å²) in [6.07, 6.45) is 0. The molecule has 3 rings (SSSR count). The zero-order valence-corrected chi connectivity index (χ0v) is 16.5. The fourth-order valence-electron chi connectivity index (χ4n) is 2.77. The van der Waals surface area contributed by atoms with Crippen LogP contribution in [0.25, 0.3) is 0 Å². The molecule has 0 atom stereocenters. The summed E-state index contributed by atoms with van der Waals surface area (Å²) in [5.41, 5.74) is 2.92. The largest absolute Gasteiger partial charge is 0.318 e. The second-order valence-electron chi connectivity index (χ2n) is 6.09. The van der Waals surface area contributed by atoms with Gasteiger partial charge in [-0.2, -0.15) is 0 Å². The number of nitrogens with one attached hydrogen (secondary N) is 1. The van der Waals surface area contributed by atoms with E-state index in [1.807, 2.05) is 55.5 Å². The van der Waals surface area contributed by atoms with Crippen molar-refractivity contribution in [1.82, 2.24) is 5.32 Å². The summed E-state index contributed by atoms with van der Waals surface area (Å²) in [7, 11) is -3.32. The van der Waals surface area contributed by atoms with Gasteiger partial charge in [-0.05, 0) is 19.1 Å². The van der Waals surface area contributed by atoms with Crippen molar-refractivity contribution in [3.05, 3.63) is 107 Å². The normalized spacial score (nSPS) is 11.9. The minimum Gasteiger partial charge on any atom is -0.318 e. The summed E-state index contributed by atoms with van der Waals surface area (Å²) in [6.45, 7) is 1.95. The SMILES string of the molecule is Cc1ccc(C(=O)N/C(=C/Cl)P(=O)(c2ccccc2)c2ccccc2)cc1. The maximum absolute atomic E-state index is 14.2. The van der Waals surface area contributed by atoms with Gasteiger partial charge in [0.2, 0.25) is 0 Å². The van der Waals surface area contributed by atoms with Crippen molar-refractivity contribution in [2.75, 3.05) is 0 Å². The molecule has 3 nitrogen and oxygen atoms in total. The third-order valence-electron chi connectivity index (χ3n) is 4.24. The number of aryl methyl sites for hydroxylation is 1. The number of amides is 1. The lowest BCUT2D eigenvalue weighted by atomic mass is 10.1. The van der Waals surface area contributed by atoms with E-state index in [0.29, 0.717) is 16.2 Å². The lowest BCUT2D eigenvalue weighted by Gasteiger charge is -2.22. The van der Waals surface area contributed by atoms with E-state index in [4.69, 9.17) is 11.6 Å². The van der Waals surface area contributed by atoms with E-state index < -0.39 is 7.14 Å². The van der Waals surface area contributed by atoms with Crippen LogP contribution in [-0.4, -0.2) is 5.91 Å². The van der Waals surface area contributed by atoms with Crippen LogP contribution in [0, 0.1) is 6.92 Å². The average Bonchev–Trinajstić information content (AvgIpc) is 2.73. The number of hydrogen-bond acceptors (Lipinski definition) is 2. The first-order valence-corrected chi connectivity index (χ1v) is 10.6. The maximum atomic E-state index is 14.2. The molecule has 3 aromatic rings. The molecule has 0 aromatic heterocycles. The Morgan fingerprint density at radius 3 is 1.78 bits per heavy atom. The quantitative estimate of drug-likeness (QED) is 0.632. The minimum absolute atomic E-state index is 0.187. The van der Waals surface area contributed by atoms with Crippen LogP contribution < -0.4 is 15.9 Å². The Labute approximate surface area is 164 Å². The van der Waals surface area contributed by atoms with Crippen molar-refractivity contribution >= 4 is 35.3 Å². The second-order valence-corrected chi connectivity index (χ2v) is 9.05. The van der Waals surface area contributed by atoms with Gasteiger partial charge in [-0.15, -0.1) is 0 Å². The molecule has 1 amide bonds. The molecule has 27 heavy (non-hydrogen) atoms. The number of rotatable bonds is 5. The van der Waals surface area contributed by atoms with Gasteiger partial charge in [0.05, 0.1) is 5.44 Å². The van der Waals surface area contributed by atoms with Gasteiger partial charge < -0.3 is 9.88 Å². The maximum Gasteiger partial charge on any atom is 0.255 e. The highest BCUT2D eigenvalue weighted by atomic mass is 35.5. The molecular formula is C22H19ClNO2P. The lowest BCUT2D eigenvalue weighted by Crippen LogP contribution is -2.29. The topological polar surface area (TPSA) is 46.2 Å². The highest BCUT2D eigenvalue weighted by Gasteiger charge is 2.33. The van der Waals surface area contributed by atoms with E-state index in [1.165, 1.54) is 5.54 Å². The van der Waals surface area contributed by atoms with Gasteiger partial charge in [0.1, 0.15) is 0 Å². The van der Waals surface area contributed by atoms with Gasteiger partial charge in [-0.1, -0.05) is 90.0 Å². The Morgan fingerprint density at radius 1 is 0.852 bits per heavy atom. The molecule has 0 bridgehead atoms. The van der Waals surface area contributed by atoms with E-state index in [1.54, 1.807) is 36.4 Å². The highest BCUT2D eigenvalue weighted by molar-refractivity contribution is 7.82. The zero-order chi connectivity index (χ0) is 19.3. The van der Waals surface area contributed by atoms with Crippen molar-refractivity contribution in [2.45, 2.75) is 6.92 Å². The van der Waals surface area contributed by atoms with Gasteiger partial charge in [0.15, 0.2) is 7.14 Å². The fraction of sp³-hybridized carbons (Fsp3) is 0.0455. The number of benzene rings is 3. The van der Waals surface area contributed by atoms with E-state index in [2.05, 4.69) is 5.32 Å². The summed E-state index contributed by atoms with van der Waals surface area (Å²) < 4.78 is 14.2. The molecule has 3 aromatic carbocycles. The summed E-state index contributed by atoms with van der Waals surface area (Å²) in [4.78, 5) is 12.7. The molecule has 0 heterocycles. The lowest BCUT2D eigenvalue weighted by molar-refractivity contribution is 0.0968. The molecule has 0 saturated heterocycles. The molecular weight excluding hydrogens is 377 g/mol. The van der Waals surface area contributed by atoms with Crippen LogP contribution in [0.2, 0.25) is 0 Å². The summed E-state index contributed by atoms with van der Waals surface area (Å²) in [5.74, 6) is -0.353. The Hall–Kier alpha value is -2.61. The molecule has 0 spiro atoms. The Morgan fingerprint density at radius 2 is 1.33 bits per heavy atom. The minimum atomic E-state index is -3.32. The molecule has 5 heteroatoms. The smallest absolute Gasteiger partial charge is 0.255 e. The van der Waals surface area contributed by atoms with Gasteiger partial charge in [0, 0.05) is 21.7 Å². The van der Waals surface area contributed by atoms with E-state index >= 15 is 0 Å². The van der Waals surface area contributed by atoms with Gasteiger partial charge in [0.25, 0.3) is 5.91 Å². The predicted molar refractivity (Wildman–Crippen MR) is 112 cm³/mol.